The van der Waals surface area contributed by atoms with Crippen LogP contribution in [0.4, 0.5) is 0 Å². The normalized spacial score (nSPS) is 23.5. The zero-order chi connectivity index (χ0) is 17.8. The SMILES string of the molecule is CC.CC(C)NC1CCN(C)C1.CC(C)NC1CCN(C)CC1.[HH].[HH]. The van der Waals surface area contributed by atoms with Crippen LogP contribution in [0.25, 0.3) is 0 Å². The van der Waals surface area contributed by atoms with E-state index in [1.807, 2.05) is 13.8 Å². The molecule has 0 aromatic carbocycles. The van der Waals surface area contributed by atoms with E-state index in [-0.39, 0.29) is 2.85 Å². The van der Waals surface area contributed by atoms with Crippen molar-refractivity contribution in [1.29, 1.82) is 0 Å². The van der Waals surface area contributed by atoms with Crippen molar-refractivity contribution < 1.29 is 2.85 Å². The monoisotopic (exact) mass is 332 g/mol. The average molecular weight is 333 g/mol. The molecule has 0 radical (unpaired) electrons. The molecule has 23 heavy (non-hydrogen) atoms. The molecule has 2 saturated heterocycles. The van der Waals surface area contributed by atoms with Gasteiger partial charge in [-0.25, -0.2) is 0 Å². The topological polar surface area (TPSA) is 30.5 Å². The van der Waals surface area contributed by atoms with Gasteiger partial charge in [0.1, 0.15) is 0 Å². The molecule has 0 aromatic heterocycles. The minimum Gasteiger partial charge on any atom is -0.312 e. The standard InChI is InChI=1S/C9H20N2.C8H18N2.C2H6.2H2/c1-8(2)10-9-4-6-11(3)7-5-9;1-7(2)9-8-4-5-10(3)6-8;1-2;;/h8-10H,4-7H2,1-3H3;7-9H,4-6H2,1-3H3;1-2H3;2*1H. The second-order valence-corrected chi connectivity index (χ2v) is 7.47. The number of hydrogen-bond donors (Lipinski definition) is 2. The molecule has 2 aliphatic heterocycles. The molecule has 0 saturated carbocycles. The first kappa shape index (κ1) is 22.8. The highest BCUT2D eigenvalue weighted by atomic mass is 15.2. The highest BCUT2D eigenvalue weighted by Gasteiger charge is 2.19. The van der Waals surface area contributed by atoms with Crippen LogP contribution in [0.3, 0.4) is 0 Å². The van der Waals surface area contributed by atoms with Crippen LogP contribution in [0, 0.1) is 0 Å². The van der Waals surface area contributed by atoms with Crippen LogP contribution in [0.1, 0.15) is 63.7 Å². The molecule has 0 spiro atoms. The van der Waals surface area contributed by atoms with E-state index in [0.29, 0.717) is 12.1 Å². The largest absolute Gasteiger partial charge is 0.312 e. The van der Waals surface area contributed by atoms with Crippen molar-refractivity contribution in [1.82, 2.24) is 20.4 Å². The van der Waals surface area contributed by atoms with Crippen LogP contribution in [-0.2, 0) is 0 Å². The van der Waals surface area contributed by atoms with Gasteiger partial charge in [-0.1, -0.05) is 41.5 Å². The predicted octanol–water partition coefficient (Wildman–Crippen LogP) is 3.29. The number of likely N-dealkylation sites (tertiary alicyclic amines) is 2. The summed E-state index contributed by atoms with van der Waals surface area (Å²) >= 11 is 0. The van der Waals surface area contributed by atoms with Crippen LogP contribution in [0.15, 0.2) is 0 Å². The first-order chi connectivity index (χ1) is 10.9. The zero-order valence-electron chi connectivity index (χ0n) is 17.2. The Kier molecular flexibility index (Phi) is 13.1. The third-order valence-corrected chi connectivity index (χ3v) is 4.25. The Morgan fingerprint density at radius 3 is 1.52 bits per heavy atom. The van der Waals surface area contributed by atoms with Crippen molar-refractivity contribution in [3.63, 3.8) is 0 Å². The number of rotatable bonds is 4. The summed E-state index contributed by atoms with van der Waals surface area (Å²) in [6, 6.07) is 2.79. The Bertz CT molecular complexity index is 270. The summed E-state index contributed by atoms with van der Waals surface area (Å²) in [7, 11) is 4.38. The molecule has 4 nitrogen and oxygen atoms in total. The maximum atomic E-state index is 3.58. The third kappa shape index (κ3) is 11.9. The molecule has 4 heteroatoms. The number of hydrogen-bond acceptors (Lipinski definition) is 4. The predicted molar refractivity (Wildman–Crippen MR) is 109 cm³/mol. The molecule has 0 aromatic rings. The molecular weight excluding hydrogens is 284 g/mol. The maximum absolute atomic E-state index is 3.58. The van der Waals surface area contributed by atoms with Gasteiger partial charge in [0.2, 0.25) is 0 Å². The van der Waals surface area contributed by atoms with E-state index in [4.69, 9.17) is 0 Å². The van der Waals surface area contributed by atoms with Gasteiger partial charge in [-0.15, -0.1) is 0 Å². The fraction of sp³-hybridized carbons (Fsp3) is 1.00. The summed E-state index contributed by atoms with van der Waals surface area (Å²) in [5.74, 6) is 0. The Labute approximate surface area is 149 Å². The number of piperidine rings is 1. The van der Waals surface area contributed by atoms with Gasteiger partial charge in [-0.3, -0.25) is 0 Å². The second kappa shape index (κ2) is 13.2. The molecule has 0 amide bonds. The molecule has 0 aliphatic carbocycles. The van der Waals surface area contributed by atoms with Gasteiger partial charge in [-0.05, 0) is 53.0 Å². The van der Waals surface area contributed by atoms with Crippen molar-refractivity contribution in [3.05, 3.63) is 0 Å². The molecule has 144 valence electrons. The van der Waals surface area contributed by atoms with Crippen LogP contribution in [0.5, 0.6) is 0 Å². The smallest absolute Gasteiger partial charge is 0.0209 e. The lowest BCUT2D eigenvalue weighted by atomic mass is 10.1. The van der Waals surface area contributed by atoms with E-state index in [1.165, 1.54) is 45.4 Å². The van der Waals surface area contributed by atoms with Crippen molar-refractivity contribution in [3.8, 4) is 0 Å². The van der Waals surface area contributed by atoms with E-state index in [1.54, 1.807) is 0 Å². The van der Waals surface area contributed by atoms with Gasteiger partial charge in [0.15, 0.2) is 0 Å². The fourth-order valence-electron chi connectivity index (χ4n) is 3.19. The van der Waals surface area contributed by atoms with Gasteiger partial charge >= 0.3 is 0 Å². The Hall–Kier alpha value is -0.160. The summed E-state index contributed by atoms with van der Waals surface area (Å²) in [6.45, 7) is 17.8. The Balaban J connectivity index is -0.000000329. The van der Waals surface area contributed by atoms with Crippen molar-refractivity contribution in [2.45, 2.75) is 85.0 Å². The van der Waals surface area contributed by atoms with Crippen LogP contribution < -0.4 is 10.6 Å². The summed E-state index contributed by atoms with van der Waals surface area (Å²) in [6.07, 6.45) is 3.94. The lowest BCUT2D eigenvalue weighted by molar-refractivity contribution is 0.228. The molecule has 2 rings (SSSR count). The number of likely N-dealkylation sites (N-methyl/N-ethyl adjacent to an activating group) is 1. The minimum absolute atomic E-state index is 0. The molecule has 1 atom stereocenters. The van der Waals surface area contributed by atoms with E-state index < -0.39 is 0 Å². The molecule has 2 N–H and O–H groups in total. The number of nitrogens with one attached hydrogen (secondary N) is 2. The molecule has 2 fully saturated rings. The molecule has 2 heterocycles. The maximum Gasteiger partial charge on any atom is 0.0209 e. The first-order valence-corrected chi connectivity index (χ1v) is 9.76. The molecular formula is C19H48N4. The Morgan fingerprint density at radius 1 is 0.739 bits per heavy atom. The quantitative estimate of drug-likeness (QED) is 0.827. The van der Waals surface area contributed by atoms with Crippen LogP contribution in [-0.4, -0.2) is 74.2 Å². The highest BCUT2D eigenvalue weighted by Crippen LogP contribution is 2.08. The minimum atomic E-state index is 0. The van der Waals surface area contributed by atoms with Gasteiger partial charge in [-0.2, -0.15) is 0 Å². The summed E-state index contributed by atoms with van der Waals surface area (Å²) in [5, 5.41) is 7.11. The summed E-state index contributed by atoms with van der Waals surface area (Å²) in [5.41, 5.74) is 0. The van der Waals surface area contributed by atoms with Gasteiger partial charge in [0.25, 0.3) is 0 Å². The molecule has 1 unspecified atom stereocenters. The first-order valence-electron chi connectivity index (χ1n) is 9.76. The van der Waals surface area contributed by atoms with Crippen molar-refractivity contribution in [2.75, 3.05) is 40.3 Å². The highest BCUT2D eigenvalue weighted by molar-refractivity contribution is 4.79. The van der Waals surface area contributed by atoms with Gasteiger partial charge < -0.3 is 20.4 Å². The molecule has 0 bridgehead atoms. The average Bonchev–Trinajstić information content (AvgIpc) is 2.88. The number of nitrogens with zero attached hydrogens (tertiary/aromatic N) is 2. The Morgan fingerprint density at radius 2 is 1.13 bits per heavy atom. The van der Waals surface area contributed by atoms with E-state index in [2.05, 4.69) is 62.2 Å². The van der Waals surface area contributed by atoms with Crippen molar-refractivity contribution >= 4 is 0 Å². The zero-order valence-corrected chi connectivity index (χ0v) is 17.2. The van der Waals surface area contributed by atoms with E-state index in [9.17, 15) is 0 Å². The van der Waals surface area contributed by atoms with Crippen molar-refractivity contribution in [2.24, 2.45) is 0 Å². The summed E-state index contributed by atoms with van der Waals surface area (Å²) < 4.78 is 0. The fourth-order valence-corrected chi connectivity index (χ4v) is 3.19. The lowest BCUT2D eigenvalue weighted by Gasteiger charge is -2.30. The van der Waals surface area contributed by atoms with Crippen LogP contribution in [0.2, 0.25) is 0 Å². The third-order valence-electron chi connectivity index (χ3n) is 4.25. The summed E-state index contributed by atoms with van der Waals surface area (Å²) in [4.78, 5) is 4.78. The van der Waals surface area contributed by atoms with E-state index >= 15 is 0 Å². The lowest BCUT2D eigenvalue weighted by Crippen LogP contribution is -2.43. The van der Waals surface area contributed by atoms with Gasteiger partial charge in [0.05, 0.1) is 0 Å². The molecule has 2 aliphatic rings. The van der Waals surface area contributed by atoms with Gasteiger partial charge in [0, 0.05) is 33.6 Å². The van der Waals surface area contributed by atoms with E-state index in [0.717, 1.165) is 12.1 Å². The van der Waals surface area contributed by atoms with Crippen LogP contribution >= 0.6 is 0 Å². The second-order valence-electron chi connectivity index (χ2n) is 7.47.